The van der Waals surface area contributed by atoms with Crippen LogP contribution in [0.2, 0.25) is 0 Å². The van der Waals surface area contributed by atoms with Gasteiger partial charge in [0.25, 0.3) is 0 Å². The van der Waals surface area contributed by atoms with Crippen LogP contribution in [0.4, 0.5) is 0 Å². The summed E-state index contributed by atoms with van der Waals surface area (Å²) in [5.41, 5.74) is 2.69. The van der Waals surface area contributed by atoms with Crippen LogP contribution in [0.25, 0.3) is 0 Å². The van der Waals surface area contributed by atoms with Crippen molar-refractivity contribution in [2.75, 3.05) is 19.8 Å². The van der Waals surface area contributed by atoms with Crippen LogP contribution in [-0.4, -0.2) is 25.9 Å². The van der Waals surface area contributed by atoms with Gasteiger partial charge in [0.1, 0.15) is 5.75 Å². The lowest BCUT2D eigenvalue weighted by atomic mass is 9.90. The van der Waals surface area contributed by atoms with Crippen LogP contribution >= 0.6 is 0 Å². The maximum atomic E-state index is 5.98. The van der Waals surface area contributed by atoms with Crippen LogP contribution in [0.3, 0.4) is 0 Å². The number of rotatable bonds is 4. The van der Waals surface area contributed by atoms with Crippen LogP contribution in [0.1, 0.15) is 43.9 Å². The van der Waals surface area contributed by atoms with Crippen molar-refractivity contribution in [1.29, 1.82) is 0 Å². The summed E-state index contributed by atoms with van der Waals surface area (Å²) in [5.74, 6) is 1.68. The summed E-state index contributed by atoms with van der Waals surface area (Å²) < 4.78 is 11.7. The van der Waals surface area contributed by atoms with Gasteiger partial charge in [0.2, 0.25) is 0 Å². The first-order valence-electron chi connectivity index (χ1n) is 7.90. The molecule has 0 aromatic heterocycles. The maximum absolute atomic E-state index is 5.98. The minimum atomic E-state index is 0.289. The highest BCUT2D eigenvalue weighted by Crippen LogP contribution is 2.34. The molecule has 3 atom stereocenters. The zero-order chi connectivity index (χ0) is 13.9. The van der Waals surface area contributed by atoms with Gasteiger partial charge in [-0.05, 0) is 48.9 Å². The molecule has 2 aliphatic rings. The molecule has 110 valence electrons. The van der Waals surface area contributed by atoms with E-state index in [2.05, 4.69) is 37.4 Å². The standard InChI is InChI=1S/C17H25NO2/c1-3-18-16(17-12(2)8-10-20-17)14-6-7-15-13(11-14)5-4-9-19-15/h6-7,11-12,16-18H,3-5,8-10H2,1-2H3. The SMILES string of the molecule is CCNC(c1ccc2c(c1)CCCO2)C1OCCC1C. The van der Waals surface area contributed by atoms with Gasteiger partial charge in [-0.2, -0.15) is 0 Å². The maximum Gasteiger partial charge on any atom is 0.122 e. The quantitative estimate of drug-likeness (QED) is 0.916. The molecule has 1 fully saturated rings. The smallest absolute Gasteiger partial charge is 0.122 e. The number of hydrogen-bond donors (Lipinski definition) is 1. The van der Waals surface area contributed by atoms with Gasteiger partial charge < -0.3 is 14.8 Å². The third-order valence-electron chi connectivity index (χ3n) is 4.49. The molecular weight excluding hydrogens is 250 g/mol. The molecule has 3 heteroatoms. The van der Waals surface area contributed by atoms with Gasteiger partial charge in [-0.3, -0.25) is 0 Å². The van der Waals surface area contributed by atoms with Crippen LogP contribution < -0.4 is 10.1 Å². The summed E-state index contributed by atoms with van der Waals surface area (Å²) in [6.07, 6.45) is 3.71. The average molecular weight is 275 g/mol. The molecule has 0 radical (unpaired) electrons. The summed E-state index contributed by atoms with van der Waals surface area (Å²) >= 11 is 0. The molecule has 0 aliphatic carbocycles. The number of ether oxygens (including phenoxy) is 2. The number of hydrogen-bond acceptors (Lipinski definition) is 3. The fraction of sp³-hybridized carbons (Fsp3) is 0.647. The number of fused-ring (bicyclic) bond motifs is 1. The van der Waals surface area contributed by atoms with Crippen molar-refractivity contribution in [3.05, 3.63) is 29.3 Å². The van der Waals surface area contributed by atoms with Crippen molar-refractivity contribution < 1.29 is 9.47 Å². The number of nitrogens with one attached hydrogen (secondary N) is 1. The van der Waals surface area contributed by atoms with Crippen molar-refractivity contribution >= 4 is 0 Å². The van der Waals surface area contributed by atoms with Gasteiger partial charge in [0.15, 0.2) is 0 Å². The van der Waals surface area contributed by atoms with E-state index in [0.717, 1.165) is 38.3 Å². The molecule has 1 N–H and O–H groups in total. The first kappa shape index (κ1) is 13.9. The Hall–Kier alpha value is -1.06. The fourth-order valence-corrected chi connectivity index (χ4v) is 3.36. The van der Waals surface area contributed by atoms with Crippen molar-refractivity contribution in [3.8, 4) is 5.75 Å². The second-order valence-corrected chi connectivity index (χ2v) is 5.96. The summed E-state index contributed by atoms with van der Waals surface area (Å²) in [6.45, 7) is 7.16. The lowest BCUT2D eigenvalue weighted by molar-refractivity contribution is 0.0611. The predicted molar refractivity (Wildman–Crippen MR) is 80.2 cm³/mol. The molecule has 1 aromatic rings. The molecule has 3 nitrogen and oxygen atoms in total. The molecule has 0 amide bonds. The summed E-state index contributed by atoms with van der Waals surface area (Å²) in [7, 11) is 0. The molecule has 2 heterocycles. The van der Waals surface area contributed by atoms with Gasteiger partial charge in [-0.1, -0.05) is 26.0 Å². The summed E-state index contributed by atoms with van der Waals surface area (Å²) in [4.78, 5) is 0. The van der Waals surface area contributed by atoms with E-state index < -0.39 is 0 Å². The third kappa shape index (κ3) is 2.70. The molecule has 0 saturated carbocycles. The van der Waals surface area contributed by atoms with Crippen molar-refractivity contribution in [2.24, 2.45) is 5.92 Å². The Morgan fingerprint density at radius 3 is 3.00 bits per heavy atom. The van der Waals surface area contributed by atoms with Crippen LogP contribution in [0, 0.1) is 5.92 Å². The lowest BCUT2D eigenvalue weighted by Crippen LogP contribution is -2.34. The van der Waals surface area contributed by atoms with Gasteiger partial charge >= 0.3 is 0 Å². The number of aryl methyl sites for hydroxylation is 1. The average Bonchev–Trinajstić information content (AvgIpc) is 2.90. The Labute approximate surface area is 121 Å². The molecule has 20 heavy (non-hydrogen) atoms. The van der Waals surface area contributed by atoms with Crippen LogP contribution in [0.15, 0.2) is 18.2 Å². The molecule has 0 bridgehead atoms. The second-order valence-electron chi connectivity index (χ2n) is 5.96. The van der Waals surface area contributed by atoms with Crippen LogP contribution in [0.5, 0.6) is 5.75 Å². The van der Waals surface area contributed by atoms with Crippen molar-refractivity contribution in [3.63, 3.8) is 0 Å². The van der Waals surface area contributed by atoms with Crippen LogP contribution in [-0.2, 0) is 11.2 Å². The molecule has 2 aliphatic heterocycles. The van der Waals surface area contributed by atoms with Gasteiger partial charge in [-0.15, -0.1) is 0 Å². The number of benzene rings is 1. The normalized spacial score (nSPS) is 26.9. The first-order valence-corrected chi connectivity index (χ1v) is 7.90. The molecular formula is C17H25NO2. The Kier molecular flexibility index (Phi) is 4.27. The topological polar surface area (TPSA) is 30.5 Å². The van der Waals surface area contributed by atoms with E-state index in [1.165, 1.54) is 17.5 Å². The summed E-state index contributed by atoms with van der Waals surface area (Å²) in [5, 5.41) is 3.61. The third-order valence-corrected chi connectivity index (χ3v) is 4.49. The van der Waals surface area contributed by atoms with E-state index in [0.29, 0.717) is 12.0 Å². The van der Waals surface area contributed by atoms with E-state index in [1.54, 1.807) is 0 Å². The minimum absolute atomic E-state index is 0.289. The largest absolute Gasteiger partial charge is 0.493 e. The zero-order valence-electron chi connectivity index (χ0n) is 12.5. The highest BCUT2D eigenvalue weighted by Gasteiger charge is 2.33. The van der Waals surface area contributed by atoms with Gasteiger partial charge in [0.05, 0.1) is 18.8 Å². The molecule has 0 spiro atoms. The first-order chi connectivity index (χ1) is 9.79. The Morgan fingerprint density at radius 2 is 2.25 bits per heavy atom. The van der Waals surface area contributed by atoms with E-state index in [1.807, 2.05) is 0 Å². The minimum Gasteiger partial charge on any atom is -0.493 e. The Morgan fingerprint density at radius 1 is 1.35 bits per heavy atom. The summed E-state index contributed by atoms with van der Waals surface area (Å²) in [6, 6.07) is 6.94. The van der Waals surface area contributed by atoms with Crippen molar-refractivity contribution in [1.82, 2.24) is 5.32 Å². The van der Waals surface area contributed by atoms with E-state index in [9.17, 15) is 0 Å². The molecule has 1 saturated heterocycles. The van der Waals surface area contributed by atoms with E-state index in [-0.39, 0.29) is 6.10 Å². The van der Waals surface area contributed by atoms with E-state index in [4.69, 9.17) is 9.47 Å². The van der Waals surface area contributed by atoms with Gasteiger partial charge in [0, 0.05) is 6.61 Å². The van der Waals surface area contributed by atoms with Gasteiger partial charge in [-0.25, -0.2) is 0 Å². The fourth-order valence-electron chi connectivity index (χ4n) is 3.36. The molecule has 3 unspecified atom stereocenters. The molecule has 1 aromatic carbocycles. The highest BCUT2D eigenvalue weighted by atomic mass is 16.5. The predicted octanol–water partition coefficient (Wildman–Crippen LogP) is 3.09. The Balaban J connectivity index is 1.87. The monoisotopic (exact) mass is 275 g/mol. The second kappa shape index (κ2) is 6.15. The zero-order valence-corrected chi connectivity index (χ0v) is 12.5. The van der Waals surface area contributed by atoms with E-state index >= 15 is 0 Å². The molecule has 3 rings (SSSR count). The number of likely N-dealkylation sites (N-methyl/N-ethyl adjacent to an activating group) is 1. The highest BCUT2D eigenvalue weighted by molar-refractivity contribution is 5.40. The van der Waals surface area contributed by atoms with Crippen molar-refractivity contribution in [2.45, 2.75) is 45.3 Å². The Bertz CT molecular complexity index is 460. The lowest BCUT2D eigenvalue weighted by Gasteiger charge is -2.28.